The molecule has 47 heavy (non-hydrogen) atoms. The zero-order valence-corrected chi connectivity index (χ0v) is 29.4. The van der Waals surface area contributed by atoms with E-state index in [1.807, 2.05) is 71.0 Å². The lowest BCUT2D eigenvalue weighted by atomic mass is 10.0. The standard InChI is InChI=1S/C19H21ClFNO2.C18H19Cl2NO2/c1-4-12-5-7-15(13(9-12)10-17(23)24)22-16-8-6-14(20)18(11(2)3)19(16)21;1-3-11-5-7-15(12(9-11)10-17(22)23)21-16-8-6-14(19)13(4-2)18(16)20/h5-9,11,22H,4,10H2,1-3H3,(H,23,24);5-9,21H,3-4,10H2,1-2H3,(H,22,23). The molecule has 4 rings (SSSR count). The molecular formula is C37H40Cl3FN2O4. The summed E-state index contributed by atoms with van der Waals surface area (Å²) in [7, 11) is 0. The van der Waals surface area contributed by atoms with E-state index in [0.717, 1.165) is 52.9 Å². The maximum absolute atomic E-state index is 14.7. The molecule has 0 radical (unpaired) electrons. The fourth-order valence-corrected chi connectivity index (χ4v) is 6.15. The van der Waals surface area contributed by atoms with Gasteiger partial charge in [-0.1, -0.05) is 93.7 Å². The molecule has 0 saturated heterocycles. The Hall–Kier alpha value is -3.78. The van der Waals surface area contributed by atoms with Crippen LogP contribution in [0.4, 0.5) is 27.1 Å². The van der Waals surface area contributed by atoms with Crippen LogP contribution in [0.3, 0.4) is 0 Å². The Morgan fingerprint density at radius 2 is 1.13 bits per heavy atom. The quantitative estimate of drug-likeness (QED) is 0.117. The molecule has 10 heteroatoms. The Morgan fingerprint density at radius 3 is 1.57 bits per heavy atom. The molecular weight excluding hydrogens is 662 g/mol. The summed E-state index contributed by atoms with van der Waals surface area (Å²) in [6.45, 7) is 9.78. The number of hydrogen-bond acceptors (Lipinski definition) is 4. The van der Waals surface area contributed by atoms with Gasteiger partial charge in [0.1, 0.15) is 0 Å². The molecule has 4 N–H and O–H groups in total. The second-order valence-corrected chi connectivity index (χ2v) is 12.5. The van der Waals surface area contributed by atoms with Crippen molar-refractivity contribution in [3.63, 3.8) is 0 Å². The highest BCUT2D eigenvalue weighted by atomic mass is 35.5. The highest BCUT2D eigenvalue weighted by molar-refractivity contribution is 6.37. The summed E-state index contributed by atoms with van der Waals surface area (Å²) in [5.41, 5.74) is 7.18. The molecule has 0 amide bonds. The van der Waals surface area contributed by atoms with Crippen molar-refractivity contribution in [2.75, 3.05) is 10.6 Å². The van der Waals surface area contributed by atoms with E-state index in [2.05, 4.69) is 10.6 Å². The normalized spacial score (nSPS) is 10.8. The first kappa shape index (κ1) is 37.7. The van der Waals surface area contributed by atoms with Gasteiger partial charge < -0.3 is 20.8 Å². The van der Waals surface area contributed by atoms with E-state index in [1.165, 1.54) is 0 Å². The number of anilines is 4. The SMILES string of the molecule is CCc1ccc(Nc2ccc(Cl)c(C(C)C)c2F)c(CC(=O)O)c1.CCc1ccc(Nc2ccc(Cl)c(CC)c2Cl)c(CC(=O)O)c1. The van der Waals surface area contributed by atoms with E-state index in [4.69, 9.17) is 45.0 Å². The highest BCUT2D eigenvalue weighted by Crippen LogP contribution is 2.36. The van der Waals surface area contributed by atoms with Crippen LogP contribution in [0.15, 0.2) is 60.7 Å². The number of carbonyl (C=O) groups is 2. The zero-order valence-electron chi connectivity index (χ0n) is 27.1. The second kappa shape index (κ2) is 17.4. The fourth-order valence-electron chi connectivity index (χ4n) is 5.10. The molecule has 0 bridgehead atoms. The van der Waals surface area contributed by atoms with Crippen LogP contribution in [0.5, 0.6) is 0 Å². The molecule has 0 aliphatic heterocycles. The molecule has 0 heterocycles. The van der Waals surface area contributed by atoms with Crippen molar-refractivity contribution >= 4 is 69.5 Å². The van der Waals surface area contributed by atoms with Gasteiger partial charge in [0, 0.05) is 27.0 Å². The lowest BCUT2D eigenvalue weighted by Gasteiger charge is -2.17. The van der Waals surface area contributed by atoms with Gasteiger partial charge in [-0.3, -0.25) is 9.59 Å². The molecule has 0 saturated carbocycles. The first-order valence-corrected chi connectivity index (χ1v) is 16.6. The summed E-state index contributed by atoms with van der Waals surface area (Å²) >= 11 is 18.7. The van der Waals surface area contributed by atoms with Gasteiger partial charge in [0.25, 0.3) is 0 Å². The van der Waals surface area contributed by atoms with Gasteiger partial charge in [0.2, 0.25) is 0 Å². The van der Waals surface area contributed by atoms with Crippen molar-refractivity contribution < 1.29 is 24.2 Å². The molecule has 4 aromatic rings. The third-order valence-electron chi connectivity index (χ3n) is 7.62. The fraction of sp³-hybridized carbons (Fsp3) is 0.297. The van der Waals surface area contributed by atoms with Crippen molar-refractivity contribution in [3.8, 4) is 0 Å². The van der Waals surface area contributed by atoms with Crippen LogP contribution in [0.2, 0.25) is 15.1 Å². The van der Waals surface area contributed by atoms with Crippen molar-refractivity contribution in [2.45, 2.75) is 72.6 Å². The summed E-state index contributed by atoms with van der Waals surface area (Å²) in [5, 5.41) is 26.1. The Labute approximate surface area is 290 Å². The minimum atomic E-state index is -0.925. The van der Waals surface area contributed by atoms with Crippen LogP contribution in [0.25, 0.3) is 0 Å². The number of hydrogen-bond donors (Lipinski definition) is 4. The summed E-state index contributed by atoms with van der Waals surface area (Å²) in [6.07, 6.45) is 2.22. The van der Waals surface area contributed by atoms with Gasteiger partial charge in [-0.2, -0.15) is 0 Å². The Bertz CT molecular complexity index is 1740. The van der Waals surface area contributed by atoms with Crippen LogP contribution in [-0.4, -0.2) is 22.2 Å². The minimum absolute atomic E-state index is 0.0397. The van der Waals surface area contributed by atoms with Crippen molar-refractivity contribution in [3.05, 3.63) is 115 Å². The summed E-state index contributed by atoms with van der Waals surface area (Å²) in [6, 6.07) is 18.2. The molecule has 0 aliphatic rings. The maximum atomic E-state index is 14.7. The predicted molar refractivity (Wildman–Crippen MR) is 192 cm³/mol. The van der Waals surface area contributed by atoms with Crippen LogP contribution in [0.1, 0.15) is 73.9 Å². The number of aliphatic carboxylic acids is 2. The van der Waals surface area contributed by atoms with Gasteiger partial charge in [-0.15, -0.1) is 0 Å². The average molecular weight is 702 g/mol. The molecule has 4 aromatic carbocycles. The topological polar surface area (TPSA) is 98.7 Å². The number of carboxylic acid groups (broad SMARTS) is 2. The molecule has 0 unspecified atom stereocenters. The number of rotatable bonds is 12. The lowest BCUT2D eigenvalue weighted by Crippen LogP contribution is -2.06. The van der Waals surface area contributed by atoms with Crippen LogP contribution < -0.4 is 10.6 Å². The predicted octanol–water partition coefficient (Wildman–Crippen LogP) is 11.0. The molecule has 250 valence electrons. The molecule has 6 nitrogen and oxygen atoms in total. The van der Waals surface area contributed by atoms with Crippen molar-refractivity contribution in [1.82, 2.24) is 0 Å². The second-order valence-electron chi connectivity index (χ2n) is 11.3. The van der Waals surface area contributed by atoms with Crippen molar-refractivity contribution in [2.24, 2.45) is 0 Å². The number of nitrogens with one attached hydrogen (secondary N) is 2. The summed E-state index contributed by atoms with van der Waals surface area (Å²) < 4.78 is 14.7. The first-order valence-electron chi connectivity index (χ1n) is 15.4. The number of halogens is 4. The van der Waals surface area contributed by atoms with E-state index >= 15 is 0 Å². The molecule has 0 atom stereocenters. The van der Waals surface area contributed by atoms with Crippen LogP contribution in [0, 0.1) is 5.82 Å². The van der Waals surface area contributed by atoms with Gasteiger partial charge in [-0.05, 0) is 89.4 Å². The van der Waals surface area contributed by atoms with Gasteiger partial charge >= 0.3 is 11.9 Å². The Kier molecular flexibility index (Phi) is 13.9. The summed E-state index contributed by atoms with van der Waals surface area (Å²) in [4.78, 5) is 22.2. The van der Waals surface area contributed by atoms with E-state index in [1.54, 1.807) is 24.3 Å². The van der Waals surface area contributed by atoms with E-state index in [-0.39, 0.29) is 18.8 Å². The third-order valence-corrected chi connectivity index (χ3v) is 8.74. The molecule has 0 spiro atoms. The Morgan fingerprint density at radius 1 is 0.681 bits per heavy atom. The first-order chi connectivity index (χ1) is 22.3. The molecule has 0 aliphatic carbocycles. The molecule has 0 fully saturated rings. The molecule has 0 aromatic heterocycles. The lowest BCUT2D eigenvalue weighted by molar-refractivity contribution is -0.137. The smallest absolute Gasteiger partial charge is 0.307 e. The van der Waals surface area contributed by atoms with Crippen LogP contribution in [-0.2, 0) is 41.7 Å². The minimum Gasteiger partial charge on any atom is -0.481 e. The highest BCUT2D eigenvalue weighted by Gasteiger charge is 2.17. The number of aryl methyl sites for hydroxylation is 2. The van der Waals surface area contributed by atoms with Gasteiger partial charge in [0.05, 0.1) is 29.2 Å². The van der Waals surface area contributed by atoms with Gasteiger partial charge in [-0.25, -0.2) is 4.39 Å². The largest absolute Gasteiger partial charge is 0.481 e. The Balaban J connectivity index is 0.000000256. The third kappa shape index (κ3) is 10.1. The zero-order chi connectivity index (χ0) is 34.8. The summed E-state index contributed by atoms with van der Waals surface area (Å²) in [5.74, 6) is -2.25. The van der Waals surface area contributed by atoms with Crippen LogP contribution >= 0.6 is 34.8 Å². The van der Waals surface area contributed by atoms with E-state index in [0.29, 0.717) is 37.6 Å². The van der Waals surface area contributed by atoms with Gasteiger partial charge in [0.15, 0.2) is 5.82 Å². The maximum Gasteiger partial charge on any atom is 0.307 e. The monoisotopic (exact) mass is 700 g/mol. The van der Waals surface area contributed by atoms with Crippen molar-refractivity contribution in [1.29, 1.82) is 0 Å². The average Bonchev–Trinajstić information content (AvgIpc) is 3.01. The number of benzene rings is 4. The number of carboxylic acids is 2. The van der Waals surface area contributed by atoms with E-state index in [9.17, 15) is 14.0 Å². The van der Waals surface area contributed by atoms with E-state index < -0.39 is 17.8 Å².